The van der Waals surface area contributed by atoms with Crippen molar-refractivity contribution < 1.29 is 9.53 Å². The molecule has 1 aliphatic rings. The monoisotopic (exact) mass is 334 g/mol. The Morgan fingerprint density at radius 3 is 2.84 bits per heavy atom. The van der Waals surface area contributed by atoms with Gasteiger partial charge in [0.15, 0.2) is 0 Å². The molecule has 25 heavy (non-hydrogen) atoms. The number of hydrogen-bond donors (Lipinski definition) is 1. The van der Waals surface area contributed by atoms with E-state index in [2.05, 4.69) is 46.6 Å². The molecule has 0 spiro atoms. The topological polar surface area (TPSA) is 69.0 Å². The number of nitrogens with one attached hydrogen (secondary N) is 1. The van der Waals surface area contributed by atoms with Gasteiger partial charge in [0.1, 0.15) is 18.7 Å². The molecule has 3 aromatic rings. The van der Waals surface area contributed by atoms with E-state index in [-0.39, 0.29) is 11.9 Å². The Labute approximate surface area is 145 Å². The minimum Gasteiger partial charge on any atom is -0.489 e. The van der Waals surface area contributed by atoms with Crippen LogP contribution in [-0.4, -0.2) is 20.7 Å². The van der Waals surface area contributed by atoms with Crippen LogP contribution in [0.1, 0.15) is 29.2 Å². The van der Waals surface area contributed by atoms with Crippen molar-refractivity contribution >= 4 is 11.9 Å². The number of para-hydroxylation sites is 1. The van der Waals surface area contributed by atoms with Crippen molar-refractivity contribution in [3.63, 3.8) is 0 Å². The van der Waals surface area contributed by atoms with Crippen molar-refractivity contribution in [3.8, 4) is 5.75 Å². The summed E-state index contributed by atoms with van der Waals surface area (Å²) in [5.41, 5.74) is 3.25. The fraction of sp³-hybridized carbons (Fsp3) is 0.211. The number of carbonyl (C=O) groups excluding carboxylic acids is 1. The van der Waals surface area contributed by atoms with Crippen molar-refractivity contribution in [1.29, 1.82) is 0 Å². The third-order valence-electron chi connectivity index (χ3n) is 4.29. The second-order valence-corrected chi connectivity index (χ2v) is 6.11. The van der Waals surface area contributed by atoms with E-state index < -0.39 is 0 Å². The second kappa shape index (κ2) is 6.39. The third-order valence-corrected chi connectivity index (χ3v) is 4.29. The molecular weight excluding hydrogens is 316 g/mol. The maximum atomic E-state index is 12.0. The lowest BCUT2D eigenvalue weighted by Gasteiger charge is -2.25. The average Bonchev–Trinajstić information content (AvgIpc) is 3.09. The zero-order chi connectivity index (χ0) is 17.2. The van der Waals surface area contributed by atoms with Gasteiger partial charge in [0, 0.05) is 5.56 Å². The Morgan fingerprint density at radius 1 is 1.20 bits per heavy atom. The maximum Gasteiger partial charge on any atom is 0.229 e. The molecule has 1 atom stereocenters. The predicted molar refractivity (Wildman–Crippen MR) is 93.4 cm³/mol. The van der Waals surface area contributed by atoms with Crippen LogP contribution in [0.5, 0.6) is 5.75 Å². The summed E-state index contributed by atoms with van der Waals surface area (Å²) in [4.78, 5) is 16.1. The number of benzene rings is 2. The molecule has 1 aliphatic heterocycles. The Bertz CT molecular complexity index is 902. The van der Waals surface area contributed by atoms with Gasteiger partial charge in [-0.1, -0.05) is 48.0 Å². The first-order valence-corrected chi connectivity index (χ1v) is 8.17. The number of carbonyl (C=O) groups is 1. The van der Waals surface area contributed by atoms with E-state index in [0.29, 0.717) is 19.0 Å². The largest absolute Gasteiger partial charge is 0.489 e. The lowest BCUT2D eigenvalue weighted by Crippen LogP contribution is -2.29. The van der Waals surface area contributed by atoms with E-state index in [1.165, 1.54) is 11.9 Å². The minimum absolute atomic E-state index is 0.0705. The van der Waals surface area contributed by atoms with Crippen molar-refractivity contribution in [2.45, 2.75) is 26.0 Å². The van der Waals surface area contributed by atoms with Gasteiger partial charge in [0.25, 0.3) is 0 Å². The molecule has 2 aromatic carbocycles. The van der Waals surface area contributed by atoms with Crippen molar-refractivity contribution in [3.05, 3.63) is 71.5 Å². The number of fused-ring (bicyclic) bond motifs is 1. The van der Waals surface area contributed by atoms with Gasteiger partial charge in [0.05, 0.1) is 12.5 Å². The van der Waals surface area contributed by atoms with Crippen molar-refractivity contribution in [2.24, 2.45) is 0 Å². The molecule has 6 heteroatoms. The van der Waals surface area contributed by atoms with Gasteiger partial charge >= 0.3 is 0 Å². The molecule has 0 saturated heterocycles. The van der Waals surface area contributed by atoms with Gasteiger partial charge in [-0.05, 0) is 18.6 Å². The molecule has 0 bridgehead atoms. The van der Waals surface area contributed by atoms with Gasteiger partial charge < -0.3 is 4.74 Å². The van der Waals surface area contributed by atoms with Crippen LogP contribution in [-0.2, 0) is 11.4 Å². The number of ether oxygens (including phenoxy) is 1. The van der Waals surface area contributed by atoms with Crippen LogP contribution < -0.4 is 10.1 Å². The normalized spacial score (nSPS) is 16.2. The minimum atomic E-state index is -0.222. The van der Waals surface area contributed by atoms with E-state index in [1.54, 1.807) is 4.68 Å². The number of nitrogens with zero attached hydrogens (tertiary/aromatic N) is 3. The molecule has 1 aromatic heterocycles. The van der Waals surface area contributed by atoms with Gasteiger partial charge in [-0.25, -0.2) is 4.68 Å². The van der Waals surface area contributed by atoms with E-state index in [1.807, 2.05) is 24.3 Å². The van der Waals surface area contributed by atoms with Crippen LogP contribution in [0.4, 0.5) is 5.95 Å². The Balaban J connectivity index is 1.61. The molecule has 1 N–H and O–H groups in total. The molecule has 0 saturated carbocycles. The molecule has 0 aliphatic carbocycles. The highest BCUT2D eigenvalue weighted by Crippen LogP contribution is 2.34. The van der Waals surface area contributed by atoms with Crippen LogP contribution >= 0.6 is 0 Å². The van der Waals surface area contributed by atoms with Crippen molar-refractivity contribution in [1.82, 2.24) is 14.8 Å². The Kier molecular flexibility index (Phi) is 3.93. The van der Waals surface area contributed by atoms with Crippen LogP contribution in [0.25, 0.3) is 0 Å². The van der Waals surface area contributed by atoms with Gasteiger partial charge in [-0.3, -0.25) is 10.1 Å². The highest BCUT2D eigenvalue weighted by Gasteiger charge is 2.29. The zero-order valence-electron chi connectivity index (χ0n) is 13.8. The summed E-state index contributed by atoms with van der Waals surface area (Å²) >= 11 is 0. The van der Waals surface area contributed by atoms with Crippen LogP contribution in [0.15, 0.2) is 54.9 Å². The standard InChI is InChI=1S/C19H18N4O2/c1-13-6-8-14(9-7-13)11-25-17-5-3-2-4-15(17)16-10-18(24)22-19-20-12-21-23(16)19/h2-9,12,16H,10-11H2,1H3,(H,20,21,22,24)/t16-/m1/s1. The lowest BCUT2D eigenvalue weighted by molar-refractivity contribution is -0.117. The number of anilines is 1. The predicted octanol–water partition coefficient (Wildman–Crippen LogP) is 3.10. The molecule has 126 valence electrons. The lowest BCUT2D eigenvalue weighted by atomic mass is 10.0. The van der Waals surface area contributed by atoms with Crippen molar-refractivity contribution in [2.75, 3.05) is 5.32 Å². The van der Waals surface area contributed by atoms with Gasteiger partial charge in [-0.2, -0.15) is 10.1 Å². The summed E-state index contributed by atoms with van der Waals surface area (Å²) in [7, 11) is 0. The number of aromatic nitrogens is 3. The van der Waals surface area contributed by atoms with Crippen LogP contribution in [0, 0.1) is 6.92 Å². The zero-order valence-corrected chi connectivity index (χ0v) is 13.8. The average molecular weight is 334 g/mol. The smallest absolute Gasteiger partial charge is 0.229 e. The number of amides is 1. The quantitative estimate of drug-likeness (QED) is 0.796. The first-order chi connectivity index (χ1) is 12.2. The van der Waals surface area contributed by atoms with Crippen LogP contribution in [0.3, 0.4) is 0 Å². The molecule has 0 unspecified atom stereocenters. The highest BCUT2D eigenvalue weighted by atomic mass is 16.5. The maximum absolute atomic E-state index is 12.0. The summed E-state index contributed by atoms with van der Waals surface area (Å²) in [5, 5.41) is 6.99. The second-order valence-electron chi connectivity index (χ2n) is 6.11. The first-order valence-electron chi connectivity index (χ1n) is 8.17. The van der Waals surface area contributed by atoms with Gasteiger partial charge in [0.2, 0.25) is 11.9 Å². The summed E-state index contributed by atoms with van der Waals surface area (Å²) in [5.74, 6) is 1.15. The molecule has 4 rings (SSSR count). The van der Waals surface area contributed by atoms with E-state index in [0.717, 1.165) is 16.9 Å². The number of hydrogen-bond acceptors (Lipinski definition) is 4. The summed E-state index contributed by atoms with van der Waals surface area (Å²) in [6.45, 7) is 2.53. The first kappa shape index (κ1) is 15.4. The molecule has 0 radical (unpaired) electrons. The van der Waals surface area contributed by atoms with E-state index in [9.17, 15) is 4.79 Å². The fourth-order valence-electron chi connectivity index (χ4n) is 2.98. The summed E-state index contributed by atoms with van der Waals surface area (Å²) < 4.78 is 7.78. The van der Waals surface area contributed by atoms with Crippen LogP contribution in [0.2, 0.25) is 0 Å². The molecule has 6 nitrogen and oxygen atoms in total. The van der Waals surface area contributed by atoms with E-state index in [4.69, 9.17) is 4.74 Å². The Hall–Kier alpha value is -3.15. The van der Waals surface area contributed by atoms with Gasteiger partial charge in [-0.15, -0.1) is 0 Å². The molecule has 0 fully saturated rings. The summed E-state index contributed by atoms with van der Waals surface area (Å²) in [6.07, 6.45) is 1.75. The SMILES string of the molecule is Cc1ccc(COc2ccccc2[C@H]2CC(=O)Nc3ncnn32)cc1. The number of aryl methyl sites for hydroxylation is 1. The summed E-state index contributed by atoms with van der Waals surface area (Å²) in [6, 6.07) is 15.8. The molecule has 1 amide bonds. The molecular formula is C19H18N4O2. The third kappa shape index (κ3) is 3.10. The number of rotatable bonds is 4. The molecule has 2 heterocycles. The van der Waals surface area contributed by atoms with E-state index >= 15 is 0 Å². The fourth-order valence-corrected chi connectivity index (χ4v) is 2.98. The Morgan fingerprint density at radius 2 is 2.00 bits per heavy atom. The highest BCUT2D eigenvalue weighted by molar-refractivity contribution is 5.91.